The minimum absolute atomic E-state index is 0.133. The van der Waals surface area contributed by atoms with Crippen molar-refractivity contribution < 1.29 is 0 Å². The van der Waals surface area contributed by atoms with Gasteiger partial charge in [-0.3, -0.25) is 0 Å². The van der Waals surface area contributed by atoms with E-state index in [9.17, 15) is 0 Å². The summed E-state index contributed by atoms with van der Waals surface area (Å²) in [4.78, 5) is 0. The molecule has 0 amide bonds. The molecule has 0 fully saturated rings. The standard InChI is InChI=1S/C17H24N2/c1-17(2,11-12-18)16(19-3)15-10-6-8-13-7-4-5-9-14(13)15/h4-10,16,19H,11-12,18H2,1-3H3. The average Bonchev–Trinajstić information content (AvgIpc) is 2.39. The highest BCUT2D eigenvalue weighted by molar-refractivity contribution is 5.86. The van der Waals surface area contributed by atoms with Crippen molar-refractivity contribution >= 4 is 10.8 Å². The maximum absolute atomic E-state index is 5.77. The lowest BCUT2D eigenvalue weighted by Gasteiger charge is -2.35. The van der Waals surface area contributed by atoms with Crippen LogP contribution < -0.4 is 11.1 Å². The summed E-state index contributed by atoms with van der Waals surface area (Å²) in [6, 6.07) is 15.4. The van der Waals surface area contributed by atoms with Gasteiger partial charge >= 0.3 is 0 Å². The Morgan fingerprint density at radius 1 is 1.11 bits per heavy atom. The van der Waals surface area contributed by atoms with Crippen molar-refractivity contribution in [3.63, 3.8) is 0 Å². The SMILES string of the molecule is CNC(c1cccc2ccccc12)C(C)(C)CCN. The first-order chi connectivity index (χ1) is 9.10. The minimum Gasteiger partial charge on any atom is -0.330 e. The Bertz CT molecular complexity index is 540. The first-order valence-corrected chi connectivity index (χ1v) is 6.95. The maximum Gasteiger partial charge on any atom is 0.0376 e. The second-order valence-electron chi connectivity index (χ2n) is 5.82. The van der Waals surface area contributed by atoms with Gasteiger partial charge in [-0.1, -0.05) is 56.3 Å². The number of hydrogen-bond acceptors (Lipinski definition) is 2. The Balaban J connectivity index is 2.52. The Hall–Kier alpha value is -1.38. The molecule has 19 heavy (non-hydrogen) atoms. The third-order valence-electron chi connectivity index (χ3n) is 3.99. The van der Waals surface area contributed by atoms with Crippen molar-refractivity contribution in [3.8, 4) is 0 Å². The molecule has 0 spiro atoms. The molecule has 0 aliphatic carbocycles. The molecule has 102 valence electrons. The van der Waals surface area contributed by atoms with E-state index >= 15 is 0 Å². The number of hydrogen-bond donors (Lipinski definition) is 2. The largest absolute Gasteiger partial charge is 0.330 e. The summed E-state index contributed by atoms with van der Waals surface area (Å²) in [7, 11) is 2.03. The van der Waals surface area contributed by atoms with Gasteiger partial charge in [0.2, 0.25) is 0 Å². The Morgan fingerprint density at radius 2 is 1.79 bits per heavy atom. The van der Waals surface area contributed by atoms with Crippen molar-refractivity contribution in [3.05, 3.63) is 48.0 Å². The van der Waals surface area contributed by atoms with Crippen LogP contribution in [0.3, 0.4) is 0 Å². The van der Waals surface area contributed by atoms with Crippen molar-refractivity contribution in [1.82, 2.24) is 5.32 Å². The predicted octanol–water partition coefficient (Wildman–Crippen LogP) is 3.48. The summed E-state index contributed by atoms with van der Waals surface area (Å²) in [6.45, 7) is 5.28. The first-order valence-electron chi connectivity index (χ1n) is 6.95. The monoisotopic (exact) mass is 256 g/mol. The normalized spacial score (nSPS) is 13.7. The zero-order valence-electron chi connectivity index (χ0n) is 12.1. The van der Waals surface area contributed by atoms with Crippen LogP contribution in [0.5, 0.6) is 0 Å². The van der Waals surface area contributed by atoms with Gasteiger partial charge in [-0.25, -0.2) is 0 Å². The lowest BCUT2D eigenvalue weighted by molar-refractivity contribution is 0.240. The van der Waals surface area contributed by atoms with Crippen LogP contribution in [0.2, 0.25) is 0 Å². The van der Waals surface area contributed by atoms with E-state index in [4.69, 9.17) is 5.73 Å². The minimum atomic E-state index is 0.133. The Labute approximate surface area is 116 Å². The van der Waals surface area contributed by atoms with Crippen LogP contribution in [0, 0.1) is 5.41 Å². The molecule has 1 unspecified atom stereocenters. The van der Waals surface area contributed by atoms with Gasteiger partial charge in [0.15, 0.2) is 0 Å². The molecule has 0 saturated heterocycles. The Kier molecular flexibility index (Phi) is 4.23. The molecular formula is C17H24N2. The van der Waals surface area contributed by atoms with Gasteiger partial charge < -0.3 is 11.1 Å². The van der Waals surface area contributed by atoms with Gasteiger partial charge in [0.05, 0.1) is 0 Å². The first kappa shape index (κ1) is 14.0. The summed E-state index contributed by atoms with van der Waals surface area (Å²) in [5.41, 5.74) is 7.26. The van der Waals surface area contributed by atoms with E-state index in [1.54, 1.807) is 0 Å². The van der Waals surface area contributed by atoms with Crippen LogP contribution in [0.4, 0.5) is 0 Å². The smallest absolute Gasteiger partial charge is 0.0376 e. The van der Waals surface area contributed by atoms with Gasteiger partial charge in [0.25, 0.3) is 0 Å². The van der Waals surface area contributed by atoms with E-state index in [2.05, 4.69) is 61.6 Å². The van der Waals surface area contributed by atoms with Crippen LogP contribution >= 0.6 is 0 Å². The van der Waals surface area contributed by atoms with E-state index in [1.807, 2.05) is 7.05 Å². The lowest BCUT2D eigenvalue weighted by Crippen LogP contribution is -2.33. The third-order valence-corrected chi connectivity index (χ3v) is 3.99. The molecule has 0 bridgehead atoms. The van der Waals surface area contributed by atoms with Crippen LogP contribution in [0.15, 0.2) is 42.5 Å². The van der Waals surface area contributed by atoms with Crippen molar-refractivity contribution in [2.45, 2.75) is 26.3 Å². The van der Waals surface area contributed by atoms with Crippen LogP contribution in [-0.2, 0) is 0 Å². The molecule has 2 rings (SSSR count). The summed E-state index contributed by atoms with van der Waals surface area (Å²) in [5.74, 6) is 0. The highest BCUT2D eigenvalue weighted by Gasteiger charge is 2.29. The molecule has 0 aliphatic rings. The fourth-order valence-electron chi connectivity index (χ4n) is 2.99. The van der Waals surface area contributed by atoms with Gasteiger partial charge in [-0.2, -0.15) is 0 Å². The Morgan fingerprint density at radius 3 is 2.47 bits per heavy atom. The topological polar surface area (TPSA) is 38.0 Å². The lowest BCUT2D eigenvalue weighted by atomic mass is 9.76. The fraction of sp³-hybridized carbons (Fsp3) is 0.412. The van der Waals surface area contributed by atoms with Gasteiger partial charge in [0, 0.05) is 6.04 Å². The summed E-state index contributed by atoms with van der Waals surface area (Å²) in [5, 5.41) is 6.10. The molecule has 3 N–H and O–H groups in total. The predicted molar refractivity (Wildman–Crippen MR) is 83.2 cm³/mol. The second kappa shape index (κ2) is 5.72. The van der Waals surface area contributed by atoms with Crippen LogP contribution in [0.25, 0.3) is 10.8 Å². The number of benzene rings is 2. The number of nitrogens with one attached hydrogen (secondary N) is 1. The highest BCUT2D eigenvalue weighted by atomic mass is 14.9. The van der Waals surface area contributed by atoms with Crippen molar-refractivity contribution in [2.75, 3.05) is 13.6 Å². The molecule has 0 aromatic heterocycles. The van der Waals surface area contributed by atoms with Crippen LogP contribution in [-0.4, -0.2) is 13.6 Å². The van der Waals surface area contributed by atoms with E-state index in [0.717, 1.165) is 13.0 Å². The van der Waals surface area contributed by atoms with E-state index in [0.29, 0.717) is 6.04 Å². The molecule has 2 nitrogen and oxygen atoms in total. The van der Waals surface area contributed by atoms with E-state index in [-0.39, 0.29) is 5.41 Å². The molecule has 0 heterocycles. The summed E-state index contributed by atoms with van der Waals surface area (Å²) >= 11 is 0. The van der Waals surface area contributed by atoms with Crippen molar-refractivity contribution in [1.29, 1.82) is 0 Å². The highest BCUT2D eigenvalue weighted by Crippen LogP contribution is 2.38. The fourth-order valence-corrected chi connectivity index (χ4v) is 2.99. The number of rotatable bonds is 5. The molecule has 1 atom stereocenters. The zero-order chi connectivity index (χ0) is 13.9. The summed E-state index contributed by atoms with van der Waals surface area (Å²) in [6.07, 6.45) is 1.00. The second-order valence-corrected chi connectivity index (χ2v) is 5.82. The number of fused-ring (bicyclic) bond motifs is 1. The molecule has 0 aliphatic heterocycles. The summed E-state index contributed by atoms with van der Waals surface area (Å²) < 4.78 is 0. The van der Waals surface area contributed by atoms with Crippen molar-refractivity contribution in [2.24, 2.45) is 11.1 Å². The zero-order valence-corrected chi connectivity index (χ0v) is 12.1. The van der Waals surface area contributed by atoms with Gasteiger partial charge in [0.1, 0.15) is 0 Å². The molecule has 2 aromatic rings. The molecule has 2 heteroatoms. The maximum atomic E-state index is 5.77. The molecular weight excluding hydrogens is 232 g/mol. The van der Waals surface area contributed by atoms with Crippen LogP contribution in [0.1, 0.15) is 31.9 Å². The van der Waals surface area contributed by atoms with E-state index < -0.39 is 0 Å². The number of nitrogens with two attached hydrogens (primary N) is 1. The van der Waals surface area contributed by atoms with Gasteiger partial charge in [-0.15, -0.1) is 0 Å². The molecule has 2 aromatic carbocycles. The molecule has 0 saturated carbocycles. The van der Waals surface area contributed by atoms with E-state index in [1.165, 1.54) is 16.3 Å². The quantitative estimate of drug-likeness (QED) is 0.859. The average molecular weight is 256 g/mol. The molecule has 0 radical (unpaired) electrons. The third kappa shape index (κ3) is 2.80. The van der Waals surface area contributed by atoms with Gasteiger partial charge in [-0.05, 0) is 41.8 Å².